The fourth-order valence-electron chi connectivity index (χ4n) is 6.62. The van der Waals surface area contributed by atoms with Gasteiger partial charge in [-0.05, 0) is 58.3 Å². The summed E-state index contributed by atoms with van der Waals surface area (Å²) in [4.78, 5) is 45.6. The third kappa shape index (κ3) is 5.12. The van der Waals surface area contributed by atoms with Crippen LogP contribution in [0.3, 0.4) is 0 Å². The number of unbranched alkanes of at least 4 members (excludes halogenated alkanes) is 2. The van der Waals surface area contributed by atoms with Gasteiger partial charge in [0, 0.05) is 17.3 Å². The summed E-state index contributed by atoms with van der Waals surface area (Å²) in [6.07, 6.45) is 6.82. The molecule has 7 nitrogen and oxygen atoms in total. The summed E-state index contributed by atoms with van der Waals surface area (Å²) < 4.78 is 4.97. The molecule has 2 amide bonds. The van der Waals surface area contributed by atoms with E-state index in [1.807, 2.05) is 40.7 Å². The highest BCUT2D eigenvalue weighted by atomic mass is 32.2. The summed E-state index contributed by atoms with van der Waals surface area (Å²) in [5, 5.41) is 10.3. The summed E-state index contributed by atoms with van der Waals surface area (Å²) in [5.74, 6) is -1.89. The third-order valence-electron chi connectivity index (χ3n) is 8.44. The minimum Gasteiger partial charge on any atom is -0.465 e. The first-order chi connectivity index (χ1) is 17.4. The lowest BCUT2D eigenvalue weighted by Crippen LogP contribution is -2.62. The second kappa shape index (κ2) is 11.5. The van der Waals surface area contributed by atoms with E-state index in [4.69, 9.17) is 4.74 Å². The summed E-state index contributed by atoms with van der Waals surface area (Å²) in [6, 6.07) is -1.28. The maximum Gasteiger partial charge on any atom is 0.310 e. The fourth-order valence-corrected chi connectivity index (χ4v) is 9.01. The van der Waals surface area contributed by atoms with E-state index in [1.54, 1.807) is 27.6 Å². The third-order valence-corrected chi connectivity index (χ3v) is 10.5. The number of aliphatic hydroxyl groups is 1. The molecule has 3 aliphatic rings. The quantitative estimate of drug-likeness (QED) is 0.231. The zero-order valence-corrected chi connectivity index (χ0v) is 24.3. The van der Waals surface area contributed by atoms with Crippen molar-refractivity contribution in [2.24, 2.45) is 23.7 Å². The maximum absolute atomic E-state index is 14.5. The largest absolute Gasteiger partial charge is 0.465 e. The molecule has 3 saturated heterocycles. The first kappa shape index (κ1) is 29.8. The molecular formula is C29H46N2O5S. The van der Waals surface area contributed by atoms with Gasteiger partial charge in [0.2, 0.25) is 11.8 Å². The van der Waals surface area contributed by atoms with Gasteiger partial charge in [-0.3, -0.25) is 14.4 Å². The van der Waals surface area contributed by atoms with E-state index in [9.17, 15) is 19.5 Å². The summed E-state index contributed by atoms with van der Waals surface area (Å²) >= 11 is 1.64. The van der Waals surface area contributed by atoms with Gasteiger partial charge in [0.05, 0.1) is 35.8 Å². The van der Waals surface area contributed by atoms with Gasteiger partial charge < -0.3 is 19.6 Å². The SMILES string of the molecule is C=CCCCCOC(=O)[C@@H]1[C@@H]2CC(C)C3(S2)C(C(=O)N(CC=C)C(C)(C)C)N([C@@H](CO)C(C)C)C(=O)[C@H]13. The molecule has 1 N–H and O–H groups in total. The van der Waals surface area contributed by atoms with Crippen LogP contribution in [0.5, 0.6) is 0 Å². The molecule has 2 bridgehead atoms. The number of hydrogen-bond donors (Lipinski definition) is 1. The number of aliphatic hydroxyl groups excluding tert-OH is 1. The van der Waals surface area contributed by atoms with Crippen molar-refractivity contribution < 1.29 is 24.2 Å². The number of amides is 2. The molecule has 3 heterocycles. The van der Waals surface area contributed by atoms with Crippen molar-refractivity contribution in [1.82, 2.24) is 9.80 Å². The van der Waals surface area contributed by atoms with Crippen molar-refractivity contribution >= 4 is 29.5 Å². The molecule has 3 fully saturated rings. The Morgan fingerprint density at radius 3 is 2.49 bits per heavy atom. The van der Waals surface area contributed by atoms with Crippen molar-refractivity contribution in [3.05, 3.63) is 25.3 Å². The molecule has 0 aromatic carbocycles. The molecule has 0 aromatic rings. The van der Waals surface area contributed by atoms with Crippen molar-refractivity contribution in [2.75, 3.05) is 19.8 Å². The van der Waals surface area contributed by atoms with Gasteiger partial charge in [-0.2, -0.15) is 0 Å². The molecule has 0 aromatic heterocycles. The first-order valence-corrected chi connectivity index (χ1v) is 14.6. The number of likely N-dealkylation sites (tertiary alicyclic amines) is 1. The van der Waals surface area contributed by atoms with Gasteiger partial charge in [-0.15, -0.1) is 24.9 Å². The van der Waals surface area contributed by atoms with Crippen LogP contribution in [-0.4, -0.2) is 80.1 Å². The normalized spacial score (nSPS) is 31.4. The minimum absolute atomic E-state index is 0.0591. The van der Waals surface area contributed by atoms with E-state index >= 15 is 0 Å². The number of fused-ring (bicyclic) bond motifs is 1. The van der Waals surface area contributed by atoms with Crippen LogP contribution in [0.1, 0.15) is 67.2 Å². The van der Waals surface area contributed by atoms with Gasteiger partial charge in [-0.25, -0.2) is 0 Å². The monoisotopic (exact) mass is 534 g/mol. The van der Waals surface area contributed by atoms with E-state index in [0.717, 1.165) is 25.7 Å². The number of ether oxygens (including phenoxy) is 1. The van der Waals surface area contributed by atoms with Crippen LogP contribution in [-0.2, 0) is 19.1 Å². The summed E-state index contributed by atoms with van der Waals surface area (Å²) in [5.41, 5.74) is -0.491. The highest BCUT2D eigenvalue weighted by Crippen LogP contribution is 2.69. The molecule has 3 unspecified atom stereocenters. The predicted octanol–water partition coefficient (Wildman–Crippen LogP) is 4.05. The number of nitrogens with zero attached hydrogens (tertiary/aromatic N) is 2. The smallest absolute Gasteiger partial charge is 0.310 e. The van der Waals surface area contributed by atoms with Crippen molar-refractivity contribution in [2.45, 2.75) is 94.8 Å². The average Bonchev–Trinajstić information content (AvgIpc) is 3.40. The van der Waals surface area contributed by atoms with Crippen molar-refractivity contribution in [3.63, 3.8) is 0 Å². The summed E-state index contributed by atoms with van der Waals surface area (Å²) in [7, 11) is 0. The molecule has 0 radical (unpaired) electrons. The molecule has 8 heteroatoms. The van der Waals surface area contributed by atoms with Crippen LogP contribution < -0.4 is 0 Å². The lowest BCUT2D eigenvalue weighted by atomic mass is 9.66. The molecule has 7 atom stereocenters. The van der Waals surface area contributed by atoms with Crippen LogP contribution in [0.2, 0.25) is 0 Å². The molecule has 0 saturated carbocycles. The zero-order valence-electron chi connectivity index (χ0n) is 23.4. The van der Waals surface area contributed by atoms with Gasteiger partial charge in [0.1, 0.15) is 6.04 Å². The second-order valence-electron chi connectivity index (χ2n) is 12.2. The van der Waals surface area contributed by atoms with E-state index in [1.165, 1.54) is 0 Å². The number of esters is 1. The topological polar surface area (TPSA) is 87.2 Å². The van der Waals surface area contributed by atoms with Gasteiger partial charge >= 0.3 is 5.97 Å². The summed E-state index contributed by atoms with van der Waals surface area (Å²) in [6.45, 7) is 20.0. The molecule has 3 aliphatic heterocycles. The van der Waals surface area contributed by atoms with E-state index in [-0.39, 0.29) is 41.5 Å². The van der Waals surface area contributed by atoms with E-state index in [2.05, 4.69) is 20.1 Å². The fraction of sp³-hybridized carbons (Fsp3) is 0.759. The van der Waals surface area contributed by atoms with E-state index < -0.39 is 34.2 Å². The molecule has 1 spiro atoms. The van der Waals surface area contributed by atoms with Crippen LogP contribution in [0.15, 0.2) is 25.3 Å². The number of carbonyl (C=O) groups excluding carboxylic acids is 3. The highest BCUT2D eigenvalue weighted by Gasteiger charge is 2.77. The number of rotatable bonds is 12. The maximum atomic E-state index is 14.5. The molecule has 3 rings (SSSR count). The molecule has 208 valence electrons. The Bertz CT molecular complexity index is 899. The first-order valence-electron chi connectivity index (χ1n) is 13.7. The molecule has 0 aliphatic carbocycles. The Labute approximate surface area is 227 Å². The lowest BCUT2D eigenvalue weighted by molar-refractivity contribution is -0.155. The average molecular weight is 535 g/mol. The number of carbonyl (C=O) groups is 3. The van der Waals surface area contributed by atoms with Crippen LogP contribution >= 0.6 is 11.8 Å². The zero-order chi connectivity index (χ0) is 27.7. The Morgan fingerprint density at radius 2 is 1.95 bits per heavy atom. The van der Waals surface area contributed by atoms with Crippen molar-refractivity contribution in [3.8, 4) is 0 Å². The second-order valence-corrected chi connectivity index (χ2v) is 13.7. The van der Waals surface area contributed by atoms with Crippen molar-refractivity contribution in [1.29, 1.82) is 0 Å². The van der Waals surface area contributed by atoms with E-state index in [0.29, 0.717) is 13.2 Å². The van der Waals surface area contributed by atoms with Crippen LogP contribution in [0.4, 0.5) is 0 Å². The van der Waals surface area contributed by atoms with Crippen LogP contribution in [0, 0.1) is 23.7 Å². The molecule has 37 heavy (non-hydrogen) atoms. The number of thioether (sulfide) groups is 1. The Kier molecular flexibility index (Phi) is 9.26. The highest BCUT2D eigenvalue weighted by molar-refractivity contribution is 8.02. The lowest BCUT2D eigenvalue weighted by Gasteiger charge is -2.45. The molecular weight excluding hydrogens is 488 g/mol. The van der Waals surface area contributed by atoms with Gasteiger partial charge in [-0.1, -0.05) is 32.9 Å². The predicted molar refractivity (Wildman–Crippen MR) is 148 cm³/mol. The van der Waals surface area contributed by atoms with Crippen LogP contribution in [0.25, 0.3) is 0 Å². The standard InChI is InChI=1S/C29H46N2O5S/c1-9-11-12-13-15-36-27(35)22-21-16-19(5)29(37-21)23(22)25(33)31(20(17-32)18(3)4)24(29)26(34)30(14-10-2)28(6,7)8/h9-10,18-24,32H,1-2,11-17H2,3-8H3/t19?,20-,21-,22+,23-,24?,29?/m0/s1. The Balaban J connectivity index is 2.05. The number of allylic oxidation sites excluding steroid dienone is 1. The minimum atomic E-state index is -0.765. The number of hydrogen-bond acceptors (Lipinski definition) is 6. The van der Waals surface area contributed by atoms with Gasteiger partial charge in [0.25, 0.3) is 0 Å². The Morgan fingerprint density at radius 1 is 1.27 bits per heavy atom. The van der Waals surface area contributed by atoms with Gasteiger partial charge in [0.15, 0.2) is 0 Å². The Hall–Kier alpha value is -1.80.